The molecule has 1 atom stereocenters. The summed E-state index contributed by atoms with van der Waals surface area (Å²) in [6, 6.07) is 2.15. The first-order chi connectivity index (χ1) is 9.17. The highest BCUT2D eigenvalue weighted by Gasteiger charge is 2.12. The van der Waals surface area contributed by atoms with E-state index in [-0.39, 0.29) is 12.5 Å². The summed E-state index contributed by atoms with van der Waals surface area (Å²) in [5.41, 5.74) is 2.51. The highest BCUT2D eigenvalue weighted by molar-refractivity contribution is 7.99. The fourth-order valence-electron chi connectivity index (χ4n) is 1.57. The summed E-state index contributed by atoms with van der Waals surface area (Å²) in [7, 11) is 0. The molecule has 0 amide bonds. The molecule has 2 heterocycles. The van der Waals surface area contributed by atoms with Crippen LogP contribution >= 0.6 is 23.1 Å². The third-order valence-electron chi connectivity index (χ3n) is 2.70. The third kappa shape index (κ3) is 3.36. The van der Waals surface area contributed by atoms with E-state index in [4.69, 9.17) is 10.9 Å². The van der Waals surface area contributed by atoms with Gasteiger partial charge in [-0.1, -0.05) is 13.8 Å². The monoisotopic (exact) mass is 298 g/mol. The molecule has 0 fully saturated rings. The van der Waals surface area contributed by atoms with Gasteiger partial charge in [-0.2, -0.15) is 0 Å². The van der Waals surface area contributed by atoms with Gasteiger partial charge in [-0.05, 0) is 18.4 Å². The molecule has 0 aliphatic carbocycles. The van der Waals surface area contributed by atoms with Crippen molar-refractivity contribution in [1.29, 1.82) is 0 Å². The van der Waals surface area contributed by atoms with E-state index < -0.39 is 0 Å². The average molecular weight is 298 g/mol. The number of aliphatic hydroxyl groups excluding tert-OH is 1. The molecular formula is C12H18N4OS2. The minimum absolute atomic E-state index is 0.188. The fraction of sp³-hybridized carbons (Fsp3) is 0.500. The Morgan fingerprint density at radius 2 is 2.32 bits per heavy atom. The average Bonchev–Trinajstić information content (AvgIpc) is 2.86. The van der Waals surface area contributed by atoms with Crippen molar-refractivity contribution in [3.8, 4) is 0 Å². The molecule has 0 saturated heterocycles. The molecule has 104 valence electrons. The number of anilines is 1. The van der Waals surface area contributed by atoms with Crippen molar-refractivity contribution in [2.75, 3.05) is 17.8 Å². The predicted octanol–water partition coefficient (Wildman–Crippen LogP) is 2.26. The van der Waals surface area contributed by atoms with Gasteiger partial charge in [0.25, 0.3) is 0 Å². The molecular weight excluding hydrogens is 280 g/mol. The van der Waals surface area contributed by atoms with Gasteiger partial charge in [0, 0.05) is 22.6 Å². The Balaban J connectivity index is 2.35. The first kappa shape index (κ1) is 14.5. The fourth-order valence-corrected chi connectivity index (χ4v) is 3.61. The number of nitrogens with one attached hydrogen (secondary N) is 1. The van der Waals surface area contributed by atoms with Crippen molar-refractivity contribution in [1.82, 2.24) is 9.97 Å². The number of nitrogens with zero attached hydrogens (tertiary/aromatic N) is 2. The minimum atomic E-state index is 0.188. The summed E-state index contributed by atoms with van der Waals surface area (Å²) in [6.07, 6.45) is 0.990. The number of aliphatic hydroxyl groups is 1. The maximum atomic E-state index is 9.09. The topological polar surface area (TPSA) is 84.1 Å². The molecule has 5 nitrogen and oxygen atoms in total. The molecule has 2 rings (SSSR count). The Hall–Kier alpha value is -0.890. The van der Waals surface area contributed by atoms with E-state index in [9.17, 15) is 0 Å². The molecule has 0 saturated carbocycles. The lowest BCUT2D eigenvalue weighted by atomic mass is 10.2. The highest BCUT2D eigenvalue weighted by Crippen LogP contribution is 2.33. The van der Waals surface area contributed by atoms with E-state index in [0.29, 0.717) is 5.95 Å². The van der Waals surface area contributed by atoms with Gasteiger partial charge in [-0.3, -0.25) is 5.43 Å². The summed E-state index contributed by atoms with van der Waals surface area (Å²) in [6.45, 7) is 4.33. The quantitative estimate of drug-likeness (QED) is 0.328. The lowest BCUT2D eigenvalue weighted by Gasteiger charge is -2.08. The summed E-state index contributed by atoms with van der Waals surface area (Å²) in [4.78, 5) is 11.0. The Bertz CT molecular complexity index is 558. The largest absolute Gasteiger partial charge is 0.396 e. The number of nitrogen functional groups attached to an aromatic ring is 1. The molecule has 0 aliphatic rings. The first-order valence-electron chi connectivity index (χ1n) is 6.18. The Morgan fingerprint density at radius 3 is 2.95 bits per heavy atom. The Labute approximate surface area is 120 Å². The maximum Gasteiger partial charge on any atom is 0.239 e. The number of aryl methyl sites for hydroxylation is 1. The molecule has 19 heavy (non-hydrogen) atoms. The van der Waals surface area contributed by atoms with Gasteiger partial charge in [0.1, 0.15) is 9.86 Å². The first-order valence-corrected chi connectivity index (χ1v) is 7.98. The van der Waals surface area contributed by atoms with Crippen LogP contribution in [-0.4, -0.2) is 27.4 Å². The van der Waals surface area contributed by atoms with Gasteiger partial charge in [-0.15, -0.1) is 23.1 Å². The second-order valence-corrected chi connectivity index (χ2v) is 6.50. The standard InChI is InChI=1S/C12H18N4OS2/c1-3-8-4-9-10(18-6-7(2)5-17)14-12(16-13)15-11(9)19-8/h4,7,17H,3,5-6,13H2,1-2H3,(H,14,15,16). The molecule has 0 spiro atoms. The Morgan fingerprint density at radius 1 is 1.53 bits per heavy atom. The third-order valence-corrected chi connectivity index (χ3v) is 5.20. The van der Waals surface area contributed by atoms with E-state index >= 15 is 0 Å². The van der Waals surface area contributed by atoms with Gasteiger partial charge < -0.3 is 5.11 Å². The van der Waals surface area contributed by atoms with Gasteiger partial charge in [0.2, 0.25) is 5.95 Å². The number of fused-ring (bicyclic) bond motifs is 1. The van der Waals surface area contributed by atoms with Crippen LogP contribution in [-0.2, 0) is 6.42 Å². The van der Waals surface area contributed by atoms with E-state index in [0.717, 1.165) is 27.4 Å². The van der Waals surface area contributed by atoms with Crippen LogP contribution in [0.2, 0.25) is 0 Å². The molecule has 0 aliphatic heterocycles. The SMILES string of the molecule is CCc1cc2c(SCC(C)CO)nc(NN)nc2s1. The van der Waals surface area contributed by atoms with E-state index in [1.807, 2.05) is 6.92 Å². The molecule has 0 aromatic carbocycles. The molecule has 2 aromatic heterocycles. The molecule has 4 N–H and O–H groups in total. The van der Waals surface area contributed by atoms with Crippen LogP contribution in [0.15, 0.2) is 11.1 Å². The molecule has 1 unspecified atom stereocenters. The number of rotatable bonds is 6. The summed E-state index contributed by atoms with van der Waals surface area (Å²) < 4.78 is 0. The predicted molar refractivity (Wildman–Crippen MR) is 81.6 cm³/mol. The lowest BCUT2D eigenvalue weighted by molar-refractivity contribution is 0.250. The zero-order chi connectivity index (χ0) is 13.8. The summed E-state index contributed by atoms with van der Waals surface area (Å²) in [5.74, 6) is 6.92. The maximum absolute atomic E-state index is 9.09. The molecule has 7 heteroatoms. The van der Waals surface area contributed by atoms with Crippen LogP contribution in [0.25, 0.3) is 10.2 Å². The van der Waals surface area contributed by atoms with Crippen molar-refractivity contribution in [3.63, 3.8) is 0 Å². The summed E-state index contributed by atoms with van der Waals surface area (Å²) >= 11 is 3.31. The van der Waals surface area contributed by atoms with Crippen molar-refractivity contribution in [3.05, 3.63) is 10.9 Å². The van der Waals surface area contributed by atoms with Crippen LogP contribution in [0.3, 0.4) is 0 Å². The van der Waals surface area contributed by atoms with E-state index in [1.54, 1.807) is 23.1 Å². The van der Waals surface area contributed by atoms with Crippen LogP contribution < -0.4 is 11.3 Å². The summed E-state index contributed by atoms with van der Waals surface area (Å²) in [5, 5.41) is 11.1. The smallest absolute Gasteiger partial charge is 0.239 e. The van der Waals surface area contributed by atoms with Crippen molar-refractivity contribution < 1.29 is 5.11 Å². The molecule has 0 radical (unpaired) electrons. The van der Waals surface area contributed by atoms with Gasteiger partial charge >= 0.3 is 0 Å². The van der Waals surface area contributed by atoms with Gasteiger partial charge in [0.15, 0.2) is 0 Å². The minimum Gasteiger partial charge on any atom is -0.396 e. The van der Waals surface area contributed by atoms with Crippen LogP contribution in [0, 0.1) is 5.92 Å². The van der Waals surface area contributed by atoms with Crippen LogP contribution in [0.1, 0.15) is 18.7 Å². The van der Waals surface area contributed by atoms with Crippen LogP contribution in [0.5, 0.6) is 0 Å². The Kier molecular flexibility index (Phi) is 4.98. The second-order valence-electron chi connectivity index (χ2n) is 4.38. The van der Waals surface area contributed by atoms with Gasteiger partial charge in [0.05, 0.1) is 0 Å². The number of hydrogen-bond acceptors (Lipinski definition) is 7. The highest BCUT2D eigenvalue weighted by atomic mass is 32.2. The van der Waals surface area contributed by atoms with Gasteiger partial charge in [-0.25, -0.2) is 15.8 Å². The number of hydrazine groups is 1. The lowest BCUT2D eigenvalue weighted by Crippen LogP contribution is -2.11. The number of thiophene rings is 1. The van der Waals surface area contributed by atoms with Crippen molar-refractivity contribution >= 4 is 39.3 Å². The number of hydrogen-bond donors (Lipinski definition) is 3. The number of nitrogens with two attached hydrogens (primary N) is 1. The second kappa shape index (κ2) is 6.51. The molecule has 2 aromatic rings. The van der Waals surface area contributed by atoms with Crippen LogP contribution in [0.4, 0.5) is 5.95 Å². The van der Waals surface area contributed by atoms with Crippen molar-refractivity contribution in [2.45, 2.75) is 25.3 Å². The zero-order valence-electron chi connectivity index (χ0n) is 11.0. The number of thioether (sulfide) groups is 1. The zero-order valence-corrected chi connectivity index (χ0v) is 12.6. The molecule has 0 bridgehead atoms. The van der Waals surface area contributed by atoms with E-state index in [2.05, 4.69) is 28.4 Å². The number of aromatic nitrogens is 2. The van der Waals surface area contributed by atoms with Crippen molar-refractivity contribution in [2.24, 2.45) is 11.8 Å². The van der Waals surface area contributed by atoms with E-state index in [1.165, 1.54) is 4.88 Å². The normalized spacial score (nSPS) is 12.8.